The molecule has 0 bridgehead atoms. The van der Waals surface area contributed by atoms with Crippen LogP contribution in [-0.4, -0.2) is 48.8 Å². The van der Waals surface area contributed by atoms with Gasteiger partial charge in [0.2, 0.25) is 0 Å². The van der Waals surface area contributed by atoms with Crippen molar-refractivity contribution < 1.29 is 9.53 Å². The van der Waals surface area contributed by atoms with Crippen molar-refractivity contribution in [2.45, 2.75) is 27.7 Å². The highest BCUT2D eigenvalue weighted by atomic mass is 32.1. The van der Waals surface area contributed by atoms with Crippen molar-refractivity contribution >= 4 is 23.2 Å². The first-order chi connectivity index (χ1) is 9.35. The maximum absolute atomic E-state index is 12.0. The van der Waals surface area contributed by atoms with E-state index in [0.29, 0.717) is 19.7 Å². The molecule has 0 N–H and O–H groups in total. The molecular formula is C14H23N3O2S. The van der Waals surface area contributed by atoms with Gasteiger partial charge >= 0.3 is 6.09 Å². The smallest absolute Gasteiger partial charge is 0.409 e. The van der Waals surface area contributed by atoms with E-state index in [0.717, 1.165) is 23.9 Å². The Bertz CT molecular complexity index is 459. The van der Waals surface area contributed by atoms with E-state index in [9.17, 15) is 4.79 Å². The van der Waals surface area contributed by atoms with Gasteiger partial charge < -0.3 is 14.5 Å². The van der Waals surface area contributed by atoms with Gasteiger partial charge in [0.1, 0.15) is 5.82 Å². The highest BCUT2D eigenvalue weighted by Crippen LogP contribution is 2.20. The SMILES string of the molecule is Cc1nc(N2CCN(C(=O)OCC(C)(C)C)CC2)cs1. The quantitative estimate of drug-likeness (QED) is 0.842. The van der Waals surface area contributed by atoms with Gasteiger partial charge in [-0.25, -0.2) is 9.78 Å². The molecule has 0 aromatic carbocycles. The predicted molar refractivity (Wildman–Crippen MR) is 81.4 cm³/mol. The first-order valence-corrected chi connectivity index (χ1v) is 7.82. The molecule has 2 heterocycles. The number of anilines is 1. The summed E-state index contributed by atoms with van der Waals surface area (Å²) in [5.74, 6) is 1.02. The molecule has 1 amide bonds. The molecule has 0 atom stereocenters. The van der Waals surface area contributed by atoms with Crippen LogP contribution in [0.15, 0.2) is 5.38 Å². The molecule has 0 saturated carbocycles. The average molecular weight is 297 g/mol. The number of amides is 1. The molecule has 0 radical (unpaired) electrons. The minimum absolute atomic E-state index is 0.00953. The lowest BCUT2D eigenvalue weighted by molar-refractivity contribution is 0.0707. The predicted octanol–water partition coefficient (Wildman–Crippen LogP) is 2.76. The summed E-state index contributed by atoms with van der Waals surface area (Å²) in [7, 11) is 0. The van der Waals surface area contributed by atoms with E-state index in [2.05, 4.69) is 36.0 Å². The lowest BCUT2D eigenvalue weighted by Gasteiger charge is -2.34. The van der Waals surface area contributed by atoms with E-state index in [1.807, 2.05) is 6.92 Å². The highest BCUT2D eigenvalue weighted by Gasteiger charge is 2.24. The monoisotopic (exact) mass is 297 g/mol. The molecule has 0 unspecified atom stereocenters. The van der Waals surface area contributed by atoms with Crippen molar-refractivity contribution in [1.29, 1.82) is 0 Å². The zero-order valence-corrected chi connectivity index (χ0v) is 13.5. The second-order valence-corrected chi connectivity index (χ2v) is 7.38. The summed E-state index contributed by atoms with van der Waals surface area (Å²) in [4.78, 5) is 20.4. The fourth-order valence-corrected chi connectivity index (χ4v) is 2.61. The van der Waals surface area contributed by atoms with Crippen molar-refractivity contribution in [3.63, 3.8) is 0 Å². The van der Waals surface area contributed by atoms with Gasteiger partial charge in [0.25, 0.3) is 0 Å². The molecule has 0 aliphatic carbocycles. The van der Waals surface area contributed by atoms with Crippen molar-refractivity contribution in [2.24, 2.45) is 5.41 Å². The minimum atomic E-state index is -0.200. The van der Waals surface area contributed by atoms with Gasteiger partial charge in [-0.15, -0.1) is 11.3 Å². The van der Waals surface area contributed by atoms with Gasteiger partial charge in [-0.2, -0.15) is 0 Å². The lowest BCUT2D eigenvalue weighted by Crippen LogP contribution is -2.49. The normalized spacial score (nSPS) is 16.4. The molecule has 112 valence electrons. The molecule has 1 saturated heterocycles. The van der Waals surface area contributed by atoms with Crippen LogP contribution in [0.1, 0.15) is 25.8 Å². The number of carbonyl (C=O) groups is 1. The standard InChI is InChI=1S/C14H23N3O2S/c1-11-15-12(9-20-11)16-5-7-17(8-6-16)13(18)19-10-14(2,3)4/h9H,5-8,10H2,1-4H3. The first-order valence-electron chi connectivity index (χ1n) is 6.94. The first kappa shape index (κ1) is 15.1. The van der Waals surface area contributed by atoms with E-state index >= 15 is 0 Å². The van der Waals surface area contributed by atoms with Crippen LogP contribution in [0, 0.1) is 12.3 Å². The van der Waals surface area contributed by atoms with Crippen LogP contribution in [0.5, 0.6) is 0 Å². The third-order valence-electron chi connectivity index (χ3n) is 3.10. The zero-order chi connectivity index (χ0) is 14.8. The van der Waals surface area contributed by atoms with Crippen molar-refractivity contribution in [1.82, 2.24) is 9.88 Å². The van der Waals surface area contributed by atoms with Crippen molar-refractivity contribution in [2.75, 3.05) is 37.7 Å². The summed E-state index contributed by atoms with van der Waals surface area (Å²) >= 11 is 1.66. The highest BCUT2D eigenvalue weighted by molar-refractivity contribution is 7.09. The summed E-state index contributed by atoms with van der Waals surface area (Å²) in [5.41, 5.74) is 0.00953. The number of nitrogens with zero attached hydrogens (tertiary/aromatic N) is 3. The third kappa shape index (κ3) is 4.10. The number of aryl methyl sites for hydroxylation is 1. The van der Waals surface area contributed by atoms with Crippen LogP contribution in [0.3, 0.4) is 0 Å². The Morgan fingerprint density at radius 1 is 1.35 bits per heavy atom. The van der Waals surface area contributed by atoms with Crippen LogP contribution < -0.4 is 4.90 Å². The summed E-state index contributed by atoms with van der Waals surface area (Å²) in [5, 5.41) is 3.15. The number of piperazine rings is 1. The fraction of sp³-hybridized carbons (Fsp3) is 0.714. The van der Waals surface area contributed by atoms with Gasteiger partial charge in [-0.1, -0.05) is 20.8 Å². The van der Waals surface area contributed by atoms with Gasteiger partial charge in [0.05, 0.1) is 11.6 Å². The van der Waals surface area contributed by atoms with E-state index in [1.165, 1.54) is 0 Å². The van der Waals surface area contributed by atoms with Crippen LogP contribution in [-0.2, 0) is 4.74 Å². The topological polar surface area (TPSA) is 45.7 Å². The van der Waals surface area contributed by atoms with E-state index in [4.69, 9.17) is 4.74 Å². The van der Waals surface area contributed by atoms with Crippen LogP contribution in [0.4, 0.5) is 10.6 Å². The Hall–Kier alpha value is -1.30. The number of ether oxygens (including phenoxy) is 1. The van der Waals surface area contributed by atoms with Gasteiger partial charge in [0.15, 0.2) is 0 Å². The molecule has 1 aromatic heterocycles. The van der Waals surface area contributed by atoms with E-state index in [1.54, 1.807) is 16.2 Å². The molecule has 5 nitrogen and oxygen atoms in total. The molecule has 1 fully saturated rings. The maximum Gasteiger partial charge on any atom is 0.409 e. The molecule has 1 aliphatic heterocycles. The molecule has 2 rings (SSSR count). The van der Waals surface area contributed by atoms with Crippen LogP contribution >= 0.6 is 11.3 Å². The summed E-state index contributed by atoms with van der Waals surface area (Å²) < 4.78 is 5.35. The maximum atomic E-state index is 12.0. The van der Waals surface area contributed by atoms with Crippen molar-refractivity contribution in [3.05, 3.63) is 10.4 Å². The van der Waals surface area contributed by atoms with Gasteiger partial charge in [-0.3, -0.25) is 0 Å². The van der Waals surface area contributed by atoms with Crippen LogP contribution in [0.25, 0.3) is 0 Å². The number of hydrogen-bond acceptors (Lipinski definition) is 5. The Balaban J connectivity index is 1.80. The second-order valence-electron chi connectivity index (χ2n) is 6.31. The Morgan fingerprint density at radius 2 is 2.00 bits per heavy atom. The number of aromatic nitrogens is 1. The molecule has 1 aliphatic rings. The average Bonchev–Trinajstić information content (AvgIpc) is 2.82. The Morgan fingerprint density at radius 3 is 2.50 bits per heavy atom. The Kier molecular flexibility index (Phi) is 4.52. The molecule has 0 spiro atoms. The largest absolute Gasteiger partial charge is 0.449 e. The molecular weight excluding hydrogens is 274 g/mol. The number of rotatable bonds is 2. The number of thiazole rings is 1. The minimum Gasteiger partial charge on any atom is -0.449 e. The molecule has 20 heavy (non-hydrogen) atoms. The number of carbonyl (C=O) groups excluding carboxylic acids is 1. The van der Waals surface area contributed by atoms with E-state index < -0.39 is 0 Å². The summed E-state index contributed by atoms with van der Waals surface area (Å²) in [6.07, 6.45) is -0.200. The Labute approximate surface area is 124 Å². The van der Waals surface area contributed by atoms with Crippen LogP contribution in [0.2, 0.25) is 0 Å². The zero-order valence-electron chi connectivity index (χ0n) is 12.7. The third-order valence-corrected chi connectivity index (χ3v) is 3.86. The van der Waals surface area contributed by atoms with Gasteiger partial charge in [0, 0.05) is 31.6 Å². The molecule has 1 aromatic rings. The number of hydrogen-bond donors (Lipinski definition) is 0. The summed E-state index contributed by atoms with van der Waals surface area (Å²) in [6.45, 7) is 11.7. The van der Waals surface area contributed by atoms with E-state index in [-0.39, 0.29) is 11.5 Å². The second kappa shape index (κ2) is 5.99. The molecule has 6 heteroatoms. The van der Waals surface area contributed by atoms with Crippen molar-refractivity contribution in [3.8, 4) is 0 Å². The van der Waals surface area contributed by atoms with Gasteiger partial charge in [-0.05, 0) is 12.3 Å². The fourth-order valence-electron chi connectivity index (χ4n) is 1.98. The summed E-state index contributed by atoms with van der Waals surface area (Å²) in [6, 6.07) is 0. The lowest BCUT2D eigenvalue weighted by atomic mass is 9.99.